The van der Waals surface area contributed by atoms with E-state index in [-0.39, 0.29) is 29.9 Å². The van der Waals surface area contributed by atoms with Gasteiger partial charge in [0, 0.05) is 47.6 Å². The van der Waals surface area contributed by atoms with Gasteiger partial charge in [-0.25, -0.2) is 4.79 Å². The van der Waals surface area contributed by atoms with E-state index in [9.17, 15) is 14.4 Å². The lowest BCUT2D eigenvalue weighted by Crippen LogP contribution is -2.36. The zero-order valence-electron chi connectivity index (χ0n) is 20.7. The SMILES string of the molecule is N#CC#Cc1ccc(C(=O)NCCOCCOCCNC(=O)CCCCC2SC[C@@H]3NC(=O)N[C@H]23)cc1. The van der Waals surface area contributed by atoms with Crippen LogP contribution in [0.25, 0.3) is 0 Å². The topological polar surface area (TPSA) is 142 Å². The minimum atomic E-state index is -0.207. The first-order valence-electron chi connectivity index (χ1n) is 12.5. The second kappa shape index (κ2) is 15.8. The maximum absolute atomic E-state index is 12.1. The molecule has 2 aliphatic heterocycles. The fraction of sp³-hybridized carbons (Fsp3) is 0.538. The Kier molecular flexibility index (Phi) is 12.1. The van der Waals surface area contributed by atoms with E-state index in [2.05, 4.69) is 33.1 Å². The van der Waals surface area contributed by atoms with Crippen molar-refractivity contribution in [3.05, 3.63) is 35.4 Å². The highest BCUT2D eigenvalue weighted by molar-refractivity contribution is 8.00. The summed E-state index contributed by atoms with van der Waals surface area (Å²) in [6.45, 7) is 2.40. The molecule has 10 nitrogen and oxygen atoms in total. The van der Waals surface area contributed by atoms with Gasteiger partial charge in [-0.3, -0.25) is 9.59 Å². The molecule has 0 saturated carbocycles. The third-order valence-corrected chi connectivity index (χ3v) is 7.47. The van der Waals surface area contributed by atoms with E-state index >= 15 is 0 Å². The Hall–Kier alpha value is -3.25. The van der Waals surface area contributed by atoms with Gasteiger partial charge < -0.3 is 30.7 Å². The summed E-state index contributed by atoms with van der Waals surface area (Å²) >= 11 is 1.89. The van der Waals surface area contributed by atoms with E-state index in [0.29, 0.717) is 62.3 Å². The predicted molar refractivity (Wildman–Crippen MR) is 140 cm³/mol. The predicted octanol–water partition coefficient (Wildman–Crippen LogP) is 1.17. The van der Waals surface area contributed by atoms with Gasteiger partial charge in [-0.2, -0.15) is 17.0 Å². The summed E-state index contributed by atoms with van der Waals surface area (Å²) in [6, 6.07) is 8.83. The molecule has 37 heavy (non-hydrogen) atoms. The zero-order chi connectivity index (χ0) is 26.3. The standard InChI is InChI=1S/C26H33N5O5S/c27-11-3-4-19-7-9-20(10-8-19)25(33)29-13-15-36-17-16-35-14-12-28-23(32)6-2-1-5-22-24-21(18-37-22)30-26(34)31-24/h7-10,21-22,24H,1-2,5-6,12-18H2,(H,28,32)(H,29,33)(H2,30,31,34)/t21-,22?,24-/m0/s1. The number of benzene rings is 1. The molecule has 0 spiro atoms. The van der Waals surface area contributed by atoms with E-state index in [1.807, 2.05) is 11.8 Å². The second-order valence-corrected chi connectivity index (χ2v) is 9.91. The van der Waals surface area contributed by atoms with Crippen molar-refractivity contribution in [2.24, 2.45) is 0 Å². The van der Waals surface area contributed by atoms with Crippen molar-refractivity contribution >= 4 is 29.6 Å². The Labute approximate surface area is 221 Å². The van der Waals surface area contributed by atoms with Crippen molar-refractivity contribution in [2.75, 3.05) is 45.3 Å². The molecule has 2 aliphatic rings. The average Bonchev–Trinajstić information content (AvgIpc) is 3.45. The van der Waals surface area contributed by atoms with Crippen molar-refractivity contribution in [1.29, 1.82) is 5.26 Å². The van der Waals surface area contributed by atoms with Gasteiger partial charge in [0.15, 0.2) is 6.07 Å². The van der Waals surface area contributed by atoms with Crippen LogP contribution >= 0.6 is 11.8 Å². The maximum Gasteiger partial charge on any atom is 0.315 e. The van der Waals surface area contributed by atoms with E-state index in [4.69, 9.17) is 14.7 Å². The molecule has 2 fully saturated rings. The van der Waals surface area contributed by atoms with Gasteiger partial charge in [0.1, 0.15) is 0 Å². The van der Waals surface area contributed by atoms with Crippen LogP contribution in [0, 0.1) is 23.2 Å². The molecule has 2 heterocycles. The number of nitrogens with one attached hydrogen (secondary N) is 4. The lowest BCUT2D eigenvalue weighted by Gasteiger charge is -2.16. The van der Waals surface area contributed by atoms with Crippen molar-refractivity contribution in [3.63, 3.8) is 0 Å². The lowest BCUT2D eigenvalue weighted by atomic mass is 10.0. The highest BCUT2D eigenvalue weighted by Crippen LogP contribution is 2.33. The highest BCUT2D eigenvalue weighted by atomic mass is 32.2. The van der Waals surface area contributed by atoms with Gasteiger partial charge >= 0.3 is 6.03 Å². The third-order valence-electron chi connectivity index (χ3n) is 5.96. The Morgan fingerprint density at radius 3 is 2.49 bits per heavy atom. The summed E-state index contributed by atoms with van der Waals surface area (Å²) in [4.78, 5) is 35.5. The number of hydrogen-bond acceptors (Lipinski definition) is 7. The number of hydrogen-bond donors (Lipinski definition) is 4. The second-order valence-electron chi connectivity index (χ2n) is 8.64. The van der Waals surface area contributed by atoms with Crippen LogP contribution in [0.3, 0.4) is 0 Å². The highest BCUT2D eigenvalue weighted by Gasteiger charge is 2.42. The molecule has 0 aromatic heterocycles. The molecule has 2 saturated heterocycles. The molecule has 1 aromatic rings. The summed E-state index contributed by atoms with van der Waals surface area (Å²) < 4.78 is 10.9. The van der Waals surface area contributed by atoms with Crippen molar-refractivity contribution < 1.29 is 23.9 Å². The molecule has 0 aliphatic carbocycles. The number of rotatable bonds is 15. The minimum Gasteiger partial charge on any atom is -0.377 e. The number of fused-ring (bicyclic) bond motifs is 1. The third kappa shape index (κ3) is 9.96. The van der Waals surface area contributed by atoms with E-state index < -0.39 is 0 Å². The van der Waals surface area contributed by atoms with Crippen LogP contribution in [0.15, 0.2) is 24.3 Å². The fourth-order valence-electron chi connectivity index (χ4n) is 4.09. The molecule has 4 amide bonds. The molecule has 3 rings (SSSR count). The number of nitrogens with zero attached hydrogens (tertiary/aromatic N) is 1. The molecule has 0 radical (unpaired) electrons. The van der Waals surface area contributed by atoms with Crippen molar-refractivity contribution in [2.45, 2.75) is 43.0 Å². The lowest BCUT2D eigenvalue weighted by molar-refractivity contribution is -0.121. The average molecular weight is 528 g/mol. The first-order valence-corrected chi connectivity index (χ1v) is 13.5. The quantitative estimate of drug-likeness (QED) is 0.152. The Bertz CT molecular complexity index is 1020. The van der Waals surface area contributed by atoms with Crippen LogP contribution in [-0.2, 0) is 14.3 Å². The summed E-state index contributed by atoms with van der Waals surface area (Å²) in [7, 11) is 0. The molecule has 0 bridgehead atoms. The van der Waals surface area contributed by atoms with Gasteiger partial charge in [0.2, 0.25) is 5.91 Å². The van der Waals surface area contributed by atoms with Gasteiger partial charge in [0.05, 0.1) is 38.5 Å². The number of thioether (sulfide) groups is 1. The van der Waals surface area contributed by atoms with Crippen molar-refractivity contribution in [1.82, 2.24) is 21.3 Å². The van der Waals surface area contributed by atoms with E-state index in [0.717, 1.165) is 25.0 Å². The summed E-state index contributed by atoms with van der Waals surface area (Å²) in [5.74, 6) is 5.74. The van der Waals surface area contributed by atoms with E-state index in [1.54, 1.807) is 30.3 Å². The number of nitriles is 1. The smallest absolute Gasteiger partial charge is 0.315 e. The summed E-state index contributed by atoms with van der Waals surface area (Å²) in [5, 5.41) is 20.4. The van der Waals surface area contributed by atoms with Crippen LogP contribution in [-0.4, -0.2) is 80.4 Å². The molecule has 198 valence electrons. The Morgan fingerprint density at radius 2 is 1.76 bits per heavy atom. The van der Waals surface area contributed by atoms with Crippen LogP contribution < -0.4 is 21.3 Å². The fourth-order valence-corrected chi connectivity index (χ4v) is 5.63. The molecule has 4 N–H and O–H groups in total. The van der Waals surface area contributed by atoms with Crippen LogP contribution in [0.1, 0.15) is 41.6 Å². The Morgan fingerprint density at radius 1 is 1.03 bits per heavy atom. The number of amides is 4. The monoisotopic (exact) mass is 527 g/mol. The normalized spacial score (nSPS) is 19.5. The van der Waals surface area contributed by atoms with Gasteiger partial charge in [-0.15, -0.1) is 0 Å². The first-order chi connectivity index (χ1) is 18.1. The van der Waals surface area contributed by atoms with Crippen LogP contribution in [0.2, 0.25) is 0 Å². The number of ether oxygens (including phenoxy) is 2. The largest absolute Gasteiger partial charge is 0.377 e. The van der Waals surface area contributed by atoms with Crippen molar-refractivity contribution in [3.8, 4) is 17.9 Å². The van der Waals surface area contributed by atoms with Gasteiger partial charge in [-0.05, 0) is 37.1 Å². The molecular formula is C26H33N5O5S. The summed E-state index contributed by atoms with van der Waals surface area (Å²) in [6.07, 6.45) is 3.28. The molecule has 11 heteroatoms. The van der Waals surface area contributed by atoms with Gasteiger partial charge in [-0.1, -0.05) is 12.3 Å². The maximum atomic E-state index is 12.1. The Balaban J connectivity index is 1.10. The van der Waals surface area contributed by atoms with E-state index in [1.165, 1.54) is 0 Å². The van der Waals surface area contributed by atoms with Gasteiger partial charge in [0.25, 0.3) is 5.91 Å². The van der Waals surface area contributed by atoms with Crippen LogP contribution in [0.4, 0.5) is 4.79 Å². The molecule has 1 unspecified atom stereocenters. The molecule has 3 atom stereocenters. The molecule has 1 aromatic carbocycles. The summed E-state index contributed by atoms with van der Waals surface area (Å²) in [5.41, 5.74) is 1.18. The number of carbonyl (C=O) groups excluding carboxylic acids is 3. The number of carbonyl (C=O) groups is 3. The first kappa shape index (κ1) is 28.3. The zero-order valence-corrected chi connectivity index (χ0v) is 21.5. The van der Waals surface area contributed by atoms with Crippen LogP contribution in [0.5, 0.6) is 0 Å². The number of unbranched alkanes of at least 4 members (excludes halogenated alkanes) is 1. The number of urea groups is 1. The molecular weight excluding hydrogens is 494 g/mol. The minimum absolute atomic E-state index is 0.0214.